The van der Waals surface area contributed by atoms with Crippen LogP contribution in [0.1, 0.15) is 43.2 Å². The van der Waals surface area contributed by atoms with E-state index in [1.807, 2.05) is 7.05 Å². The maximum Gasteiger partial charge on any atom is 0.311 e. The lowest BCUT2D eigenvalue weighted by Crippen LogP contribution is -2.43. The fraction of sp³-hybridized carbons (Fsp3) is 0.588. The lowest BCUT2D eigenvalue weighted by molar-refractivity contribution is -0.150. The number of anilines is 1. The molecule has 0 spiro atoms. The van der Waals surface area contributed by atoms with Crippen LogP contribution in [-0.4, -0.2) is 24.7 Å². The van der Waals surface area contributed by atoms with Gasteiger partial charge in [0.25, 0.3) is 0 Å². The van der Waals surface area contributed by atoms with Crippen LogP contribution in [-0.2, 0) is 4.79 Å². The molecule has 0 radical (unpaired) electrons. The number of carbonyl (C=O) groups is 1. The molecule has 3 heteroatoms. The summed E-state index contributed by atoms with van der Waals surface area (Å²) in [5, 5.41) is 9.67. The number of carboxylic acid groups (broad SMARTS) is 1. The van der Waals surface area contributed by atoms with Crippen LogP contribution in [0.2, 0.25) is 0 Å². The molecule has 0 saturated heterocycles. The molecule has 0 amide bonds. The van der Waals surface area contributed by atoms with Gasteiger partial charge in [0.1, 0.15) is 0 Å². The average molecular weight is 275 g/mol. The first kappa shape index (κ1) is 14.9. The van der Waals surface area contributed by atoms with E-state index in [2.05, 4.69) is 36.9 Å². The Morgan fingerprint density at radius 1 is 1.25 bits per heavy atom. The van der Waals surface area contributed by atoms with Crippen molar-refractivity contribution in [2.45, 2.75) is 46.0 Å². The van der Waals surface area contributed by atoms with Crippen LogP contribution in [0.3, 0.4) is 0 Å². The van der Waals surface area contributed by atoms with E-state index in [4.69, 9.17) is 0 Å². The second-order valence-corrected chi connectivity index (χ2v) is 6.29. The fourth-order valence-electron chi connectivity index (χ4n) is 3.44. The van der Waals surface area contributed by atoms with E-state index in [1.54, 1.807) is 0 Å². The first-order chi connectivity index (χ1) is 9.44. The Hall–Kier alpha value is -1.51. The average Bonchev–Trinajstić information content (AvgIpc) is 2.39. The van der Waals surface area contributed by atoms with Crippen LogP contribution in [0.5, 0.6) is 0 Å². The normalized spacial score (nSPS) is 17.8. The zero-order chi connectivity index (χ0) is 14.8. The topological polar surface area (TPSA) is 40.5 Å². The summed E-state index contributed by atoms with van der Waals surface area (Å²) in [6.07, 6.45) is 4.84. The first-order valence-electron chi connectivity index (χ1n) is 7.46. The number of carboxylic acids is 1. The highest BCUT2D eigenvalue weighted by atomic mass is 16.4. The van der Waals surface area contributed by atoms with Crippen LogP contribution in [0, 0.1) is 19.3 Å². The van der Waals surface area contributed by atoms with Crippen molar-refractivity contribution >= 4 is 11.7 Å². The molecule has 20 heavy (non-hydrogen) atoms. The van der Waals surface area contributed by atoms with Crippen molar-refractivity contribution in [2.75, 3.05) is 18.5 Å². The standard InChI is InChI=1S/C17H25NO2/c1-13-7-8-15(14(2)11-13)18(3)12-17(16(19)20)9-5-4-6-10-17/h7-8,11H,4-6,9-10,12H2,1-3H3,(H,19,20). The van der Waals surface area contributed by atoms with Crippen molar-refractivity contribution < 1.29 is 9.90 Å². The number of hydrogen-bond acceptors (Lipinski definition) is 2. The zero-order valence-electron chi connectivity index (χ0n) is 12.8. The van der Waals surface area contributed by atoms with Crippen LogP contribution in [0.15, 0.2) is 18.2 Å². The van der Waals surface area contributed by atoms with E-state index in [-0.39, 0.29) is 0 Å². The van der Waals surface area contributed by atoms with Crippen molar-refractivity contribution in [3.8, 4) is 0 Å². The lowest BCUT2D eigenvalue weighted by atomic mass is 9.73. The fourth-order valence-corrected chi connectivity index (χ4v) is 3.44. The minimum absolute atomic E-state index is 0.565. The molecule has 1 fully saturated rings. The number of hydrogen-bond donors (Lipinski definition) is 1. The molecule has 3 nitrogen and oxygen atoms in total. The van der Waals surface area contributed by atoms with E-state index in [0.717, 1.165) is 31.4 Å². The molecule has 0 heterocycles. The molecule has 1 aromatic rings. The maximum absolute atomic E-state index is 11.8. The molecule has 1 N–H and O–H groups in total. The summed E-state index contributed by atoms with van der Waals surface area (Å²) in [6, 6.07) is 6.34. The van der Waals surface area contributed by atoms with Gasteiger partial charge < -0.3 is 10.0 Å². The van der Waals surface area contributed by atoms with Crippen LogP contribution < -0.4 is 4.90 Å². The van der Waals surface area contributed by atoms with Crippen LogP contribution in [0.4, 0.5) is 5.69 Å². The predicted octanol–water partition coefficient (Wildman–Crippen LogP) is 3.77. The predicted molar refractivity (Wildman–Crippen MR) is 82.3 cm³/mol. The van der Waals surface area contributed by atoms with Crippen molar-refractivity contribution in [1.29, 1.82) is 0 Å². The number of aryl methyl sites for hydroxylation is 2. The Kier molecular flexibility index (Phi) is 4.36. The first-order valence-corrected chi connectivity index (χ1v) is 7.46. The highest BCUT2D eigenvalue weighted by Gasteiger charge is 2.40. The second kappa shape index (κ2) is 5.86. The van der Waals surface area contributed by atoms with Gasteiger partial charge >= 0.3 is 5.97 Å². The summed E-state index contributed by atoms with van der Waals surface area (Å²) < 4.78 is 0. The monoisotopic (exact) mass is 275 g/mol. The molecule has 1 aliphatic carbocycles. The molecule has 0 unspecified atom stereocenters. The molecule has 1 aliphatic rings. The second-order valence-electron chi connectivity index (χ2n) is 6.29. The number of aliphatic carboxylic acids is 1. The number of rotatable bonds is 4. The van der Waals surface area contributed by atoms with Crippen molar-refractivity contribution in [2.24, 2.45) is 5.41 Å². The van der Waals surface area contributed by atoms with Crippen LogP contribution in [0.25, 0.3) is 0 Å². The van der Waals surface area contributed by atoms with Gasteiger partial charge in [-0.2, -0.15) is 0 Å². The van der Waals surface area contributed by atoms with Gasteiger partial charge in [-0.05, 0) is 38.3 Å². The molecular weight excluding hydrogens is 250 g/mol. The van der Waals surface area contributed by atoms with Gasteiger partial charge in [-0.1, -0.05) is 37.0 Å². The van der Waals surface area contributed by atoms with Gasteiger partial charge in [-0.25, -0.2) is 0 Å². The van der Waals surface area contributed by atoms with Gasteiger partial charge in [0.05, 0.1) is 5.41 Å². The van der Waals surface area contributed by atoms with E-state index < -0.39 is 11.4 Å². The molecule has 0 aromatic heterocycles. The molecular formula is C17H25NO2. The van der Waals surface area contributed by atoms with Crippen LogP contribution >= 0.6 is 0 Å². The highest BCUT2D eigenvalue weighted by molar-refractivity contribution is 5.76. The summed E-state index contributed by atoms with van der Waals surface area (Å²) in [4.78, 5) is 13.9. The Bertz CT molecular complexity index is 490. The minimum atomic E-state index is -0.631. The van der Waals surface area contributed by atoms with E-state index in [0.29, 0.717) is 6.54 Å². The number of nitrogens with zero attached hydrogens (tertiary/aromatic N) is 1. The molecule has 1 aromatic carbocycles. The van der Waals surface area contributed by atoms with Crippen molar-refractivity contribution in [3.05, 3.63) is 29.3 Å². The minimum Gasteiger partial charge on any atom is -0.481 e. The Balaban J connectivity index is 2.20. The third-order valence-corrected chi connectivity index (χ3v) is 4.57. The third kappa shape index (κ3) is 2.97. The summed E-state index contributed by atoms with van der Waals surface area (Å²) in [5.41, 5.74) is 3.03. The lowest BCUT2D eigenvalue weighted by Gasteiger charge is -2.37. The summed E-state index contributed by atoms with van der Waals surface area (Å²) >= 11 is 0. The Labute approximate surface area is 121 Å². The van der Waals surface area contributed by atoms with E-state index >= 15 is 0 Å². The summed E-state index contributed by atoms with van der Waals surface area (Å²) in [7, 11) is 2.01. The van der Waals surface area contributed by atoms with Gasteiger partial charge in [0, 0.05) is 19.3 Å². The Morgan fingerprint density at radius 3 is 2.45 bits per heavy atom. The summed E-state index contributed by atoms with van der Waals surface area (Å²) in [5.74, 6) is -0.631. The van der Waals surface area contributed by atoms with E-state index in [1.165, 1.54) is 17.5 Å². The molecule has 1 saturated carbocycles. The summed E-state index contributed by atoms with van der Waals surface area (Å²) in [6.45, 7) is 4.77. The quantitative estimate of drug-likeness (QED) is 0.909. The Morgan fingerprint density at radius 2 is 1.90 bits per heavy atom. The van der Waals surface area contributed by atoms with E-state index in [9.17, 15) is 9.90 Å². The molecule has 0 aliphatic heterocycles. The zero-order valence-corrected chi connectivity index (χ0v) is 12.8. The molecule has 0 atom stereocenters. The highest BCUT2D eigenvalue weighted by Crippen LogP contribution is 2.38. The molecule has 110 valence electrons. The largest absolute Gasteiger partial charge is 0.481 e. The molecule has 2 rings (SSSR count). The van der Waals surface area contributed by atoms with Gasteiger partial charge in [0.2, 0.25) is 0 Å². The van der Waals surface area contributed by atoms with Crippen molar-refractivity contribution in [1.82, 2.24) is 0 Å². The molecule has 0 bridgehead atoms. The smallest absolute Gasteiger partial charge is 0.311 e. The van der Waals surface area contributed by atoms with Gasteiger partial charge in [-0.3, -0.25) is 4.79 Å². The number of benzene rings is 1. The van der Waals surface area contributed by atoms with Gasteiger partial charge in [0.15, 0.2) is 0 Å². The third-order valence-electron chi connectivity index (χ3n) is 4.57. The van der Waals surface area contributed by atoms with Gasteiger partial charge in [-0.15, -0.1) is 0 Å². The SMILES string of the molecule is Cc1ccc(N(C)CC2(C(=O)O)CCCCC2)c(C)c1. The van der Waals surface area contributed by atoms with Crippen molar-refractivity contribution in [3.63, 3.8) is 0 Å². The maximum atomic E-state index is 11.8.